The van der Waals surface area contributed by atoms with Gasteiger partial charge in [0.2, 0.25) is 6.79 Å². The lowest BCUT2D eigenvalue weighted by Gasteiger charge is -2.29. The molecule has 1 fully saturated rings. The van der Waals surface area contributed by atoms with Gasteiger partial charge in [0, 0.05) is 12.3 Å². The highest BCUT2D eigenvalue weighted by Crippen LogP contribution is 2.30. The van der Waals surface area contributed by atoms with E-state index in [2.05, 4.69) is 10.3 Å². The molecule has 3 rings (SSSR count). The lowest BCUT2D eigenvalue weighted by atomic mass is 9.91. The molecule has 1 aliphatic heterocycles. The third kappa shape index (κ3) is 9.81. The molecule has 1 aromatic heterocycles. The minimum Gasteiger partial charge on any atom is -0.493 e. The van der Waals surface area contributed by atoms with Crippen molar-refractivity contribution in [2.24, 2.45) is 11.8 Å². The second-order valence-electron chi connectivity index (χ2n) is 10.3. The number of carbonyl (C=O) groups excluding carboxylic acids is 5. The molecule has 2 heterocycles. The molecular formula is C31H38N2O12. The summed E-state index contributed by atoms with van der Waals surface area (Å²) in [5.41, 5.74) is 0.449. The van der Waals surface area contributed by atoms with Gasteiger partial charge in [-0.15, -0.1) is 0 Å². The normalized spacial score (nSPS) is 20.0. The maximum absolute atomic E-state index is 13.4. The molecule has 1 saturated heterocycles. The van der Waals surface area contributed by atoms with Gasteiger partial charge in [-0.1, -0.05) is 51.1 Å². The predicted octanol–water partition coefficient (Wildman–Crippen LogP) is 3.00. The van der Waals surface area contributed by atoms with Crippen LogP contribution in [0.2, 0.25) is 0 Å². The van der Waals surface area contributed by atoms with Crippen molar-refractivity contribution in [2.75, 3.05) is 27.1 Å². The summed E-state index contributed by atoms with van der Waals surface area (Å²) in [6.07, 6.45) is -1.24. The topological polar surface area (TPSA) is 175 Å². The van der Waals surface area contributed by atoms with Gasteiger partial charge in [-0.25, -0.2) is 14.6 Å². The molecule has 1 aliphatic rings. The second-order valence-corrected chi connectivity index (χ2v) is 10.3. The largest absolute Gasteiger partial charge is 0.511 e. The molecule has 14 heteroatoms. The fourth-order valence-electron chi connectivity index (χ4n) is 4.23. The third-order valence-corrected chi connectivity index (χ3v) is 6.58. The van der Waals surface area contributed by atoms with Gasteiger partial charge in [0.15, 0.2) is 29.3 Å². The Bertz CT molecular complexity index is 1330. The van der Waals surface area contributed by atoms with E-state index >= 15 is 0 Å². The SMILES string of the molecule is CCCOC(=O)OCOc1c(OC)ccnc1C(=O)NC1COC(=O)C(Cc2ccccc2)C(OC(=O)C(C)C)C(C)OC1=O. The van der Waals surface area contributed by atoms with Crippen LogP contribution in [0, 0.1) is 11.8 Å². The second kappa shape index (κ2) is 16.8. The summed E-state index contributed by atoms with van der Waals surface area (Å²) in [4.78, 5) is 68.4. The average Bonchev–Trinajstić information content (AvgIpc) is 3.06. The van der Waals surface area contributed by atoms with Gasteiger partial charge in [-0.3, -0.25) is 14.4 Å². The van der Waals surface area contributed by atoms with Gasteiger partial charge in [0.05, 0.1) is 19.6 Å². The highest BCUT2D eigenvalue weighted by molar-refractivity contribution is 5.98. The van der Waals surface area contributed by atoms with Crippen LogP contribution in [-0.2, 0) is 44.5 Å². The lowest BCUT2D eigenvalue weighted by molar-refractivity contribution is -0.176. The molecule has 0 bridgehead atoms. The summed E-state index contributed by atoms with van der Waals surface area (Å²) in [7, 11) is 1.32. The molecule has 0 radical (unpaired) electrons. The number of rotatable bonds is 12. The highest BCUT2D eigenvalue weighted by Gasteiger charge is 2.42. The van der Waals surface area contributed by atoms with Crippen molar-refractivity contribution in [3.8, 4) is 11.5 Å². The van der Waals surface area contributed by atoms with Crippen LogP contribution < -0.4 is 14.8 Å². The van der Waals surface area contributed by atoms with E-state index in [1.165, 1.54) is 26.3 Å². The van der Waals surface area contributed by atoms with E-state index < -0.39 is 73.5 Å². The minimum atomic E-state index is -1.47. The van der Waals surface area contributed by atoms with Gasteiger partial charge in [-0.2, -0.15) is 0 Å². The molecular weight excluding hydrogens is 592 g/mol. The Morgan fingerprint density at radius 3 is 2.47 bits per heavy atom. The lowest BCUT2D eigenvalue weighted by Crippen LogP contribution is -2.47. The van der Waals surface area contributed by atoms with Crippen LogP contribution in [-0.4, -0.2) is 80.3 Å². The first-order valence-electron chi connectivity index (χ1n) is 14.4. The van der Waals surface area contributed by atoms with Crippen LogP contribution in [0.25, 0.3) is 0 Å². The number of pyridine rings is 1. The van der Waals surface area contributed by atoms with Crippen LogP contribution in [0.15, 0.2) is 42.6 Å². The summed E-state index contributed by atoms with van der Waals surface area (Å²) in [6.45, 7) is 5.51. The van der Waals surface area contributed by atoms with Crippen molar-refractivity contribution in [2.45, 2.75) is 58.8 Å². The fraction of sp³-hybridized carbons (Fsp3) is 0.484. The zero-order valence-corrected chi connectivity index (χ0v) is 25.8. The van der Waals surface area contributed by atoms with Crippen molar-refractivity contribution in [1.29, 1.82) is 0 Å². The first-order chi connectivity index (χ1) is 21.5. The molecule has 0 aliphatic carbocycles. The third-order valence-electron chi connectivity index (χ3n) is 6.58. The number of methoxy groups -OCH3 is 1. The van der Waals surface area contributed by atoms with Gasteiger partial charge in [-0.05, 0) is 25.3 Å². The van der Waals surface area contributed by atoms with E-state index in [1.807, 2.05) is 13.0 Å². The fourth-order valence-corrected chi connectivity index (χ4v) is 4.23. The Morgan fingerprint density at radius 2 is 1.80 bits per heavy atom. The predicted molar refractivity (Wildman–Crippen MR) is 155 cm³/mol. The van der Waals surface area contributed by atoms with Gasteiger partial charge in [0.25, 0.3) is 5.91 Å². The van der Waals surface area contributed by atoms with Gasteiger partial charge in [0.1, 0.15) is 18.6 Å². The van der Waals surface area contributed by atoms with Crippen LogP contribution in [0.3, 0.4) is 0 Å². The number of carbonyl (C=O) groups is 5. The molecule has 1 N–H and O–H groups in total. The summed E-state index contributed by atoms with van der Waals surface area (Å²) < 4.78 is 37.2. The molecule has 244 valence electrons. The minimum absolute atomic E-state index is 0.0799. The van der Waals surface area contributed by atoms with Gasteiger partial charge < -0.3 is 38.5 Å². The molecule has 1 aromatic carbocycles. The van der Waals surface area contributed by atoms with E-state index in [0.717, 1.165) is 5.56 Å². The standard InChI is InChI=1S/C31H38N2O12/c1-6-14-40-31(38)43-17-42-26-23(39-5)12-13-32-24(26)27(34)33-22-16-41-29(36)21(15-20-10-8-7-9-11-20)25(19(4)44-30(22)37)45-28(35)18(2)3/h7-13,18-19,21-22,25H,6,14-17H2,1-5H3,(H,33,34). The Balaban J connectivity index is 1.82. The number of hydrogen-bond acceptors (Lipinski definition) is 13. The average molecular weight is 631 g/mol. The zero-order valence-electron chi connectivity index (χ0n) is 25.8. The van der Waals surface area contributed by atoms with Crippen LogP contribution in [0.4, 0.5) is 4.79 Å². The number of hydrogen-bond donors (Lipinski definition) is 1. The van der Waals surface area contributed by atoms with Crippen molar-refractivity contribution in [3.63, 3.8) is 0 Å². The van der Waals surface area contributed by atoms with E-state index in [4.69, 9.17) is 33.2 Å². The summed E-state index contributed by atoms with van der Waals surface area (Å²) in [6, 6.07) is 8.97. The molecule has 14 nitrogen and oxygen atoms in total. The Morgan fingerprint density at radius 1 is 1.07 bits per heavy atom. The first kappa shape index (κ1) is 34.6. The number of aromatic nitrogens is 1. The number of amides is 1. The molecule has 0 spiro atoms. The Labute approximate surface area is 260 Å². The zero-order chi connectivity index (χ0) is 32.9. The van der Waals surface area contributed by atoms with E-state index in [9.17, 15) is 24.0 Å². The number of benzene rings is 1. The number of cyclic esters (lactones) is 2. The molecule has 4 unspecified atom stereocenters. The highest BCUT2D eigenvalue weighted by atomic mass is 16.8. The van der Waals surface area contributed by atoms with Crippen molar-refractivity contribution in [1.82, 2.24) is 10.3 Å². The summed E-state index contributed by atoms with van der Waals surface area (Å²) >= 11 is 0. The maximum Gasteiger partial charge on any atom is 0.511 e. The molecule has 45 heavy (non-hydrogen) atoms. The molecule has 0 saturated carbocycles. The van der Waals surface area contributed by atoms with Crippen LogP contribution >= 0.6 is 0 Å². The van der Waals surface area contributed by atoms with Crippen molar-refractivity contribution >= 4 is 30.0 Å². The number of nitrogens with zero attached hydrogens (tertiary/aromatic N) is 1. The van der Waals surface area contributed by atoms with Crippen LogP contribution in [0.5, 0.6) is 11.5 Å². The summed E-state index contributed by atoms with van der Waals surface area (Å²) in [5.74, 6) is -4.83. The van der Waals surface area contributed by atoms with E-state index in [-0.39, 0.29) is 30.2 Å². The quantitative estimate of drug-likeness (QED) is 0.206. The summed E-state index contributed by atoms with van der Waals surface area (Å²) in [5, 5.41) is 2.45. The smallest absolute Gasteiger partial charge is 0.493 e. The molecule has 4 atom stereocenters. The molecule has 2 aromatic rings. The number of ether oxygens (including phenoxy) is 7. The first-order valence-corrected chi connectivity index (χ1v) is 14.4. The maximum atomic E-state index is 13.4. The molecule has 1 amide bonds. The van der Waals surface area contributed by atoms with E-state index in [0.29, 0.717) is 6.42 Å². The Kier molecular flexibility index (Phi) is 12.9. The monoisotopic (exact) mass is 630 g/mol. The van der Waals surface area contributed by atoms with E-state index in [1.54, 1.807) is 38.1 Å². The Hall–Kier alpha value is -4.88. The van der Waals surface area contributed by atoms with Crippen molar-refractivity contribution in [3.05, 3.63) is 53.9 Å². The van der Waals surface area contributed by atoms with Gasteiger partial charge >= 0.3 is 24.1 Å². The van der Waals surface area contributed by atoms with Crippen molar-refractivity contribution < 1.29 is 57.1 Å². The number of nitrogens with one attached hydrogen (secondary N) is 1. The van der Waals surface area contributed by atoms with Crippen LogP contribution in [0.1, 0.15) is 50.2 Å². The number of esters is 3.